The number of carbonyl (C=O) groups is 1. The third-order valence-corrected chi connectivity index (χ3v) is 0.729. The molecule has 0 radical (unpaired) electrons. The van der Waals surface area contributed by atoms with Crippen LogP contribution in [0.15, 0.2) is 12.2 Å². The van der Waals surface area contributed by atoms with E-state index in [1.165, 1.54) is 0 Å². The predicted molar refractivity (Wildman–Crippen MR) is 28.2 cm³/mol. The molecular weight excluding hydrogens is 115 g/mol. The van der Waals surface area contributed by atoms with E-state index < -0.39 is 5.97 Å². The smallest absolute Gasteiger partial charge is 1.00 e. The predicted octanol–water partition coefficient (Wildman–Crippen LogP) is -1.85. The van der Waals surface area contributed by atoms with Gasteiger partial charge in [-0.2, -0.15) is 0 Å². The number of hydrogen-bond donors (Lipinski definition) is 1. The Morgan fingerprint density at radius 3 is 2.25 bits per heavy atom. The summed E-state index contributed by atoms with van der Waals surface area (Å²) in [5.41, 5.74) is 0.264. The Balaban J connectivity index is -0.000000180. The van der Waals surface area contributed by atoms with Crippen LogP contribution in [0, 0.1) is 0 Å². The molecular formula is C5H9NaO2. The number of rotatable bonds is 2. The molecule has 0 aliphatic rings. The summed E-state index contributed by atoms with van der Waals surface area (Å²) in [6.07, 6.45) is 0.523. The minimum absolute atomic E-state index is 0. The first kappa shape index (κ1) is 11.1. The quantitative estimate of drug-likeness (QED) is 0.347. The second kappa shape index (κ2) is 5.35. The third-order valence-electron chi connectivity index (χ3n) is 0.729. The van der Waals surface area contributed by atoms with Crippen molar-refractivity contribution in [2.45, 2.75) is 13.3 Å². The topological polar surface area (TPSA) is 37.3 Å². The summed E-state index contributed by atoms with van der Waals surface area (Å²) < 4.78 is 0. The van der Waals surface area contributed by atoms with Crippen molar-refractivity contribution in [3.8, 4) is 0 Å². The zero-order chi connectivity index (χ0) is 5.86. The molecule has 42 valence electrons. The van der Waals surface area contributed by atoms with Crippen molar-refractivity contribution in [3.05, 3.63) is 12.2 Å². The van der Waals surface area contributed by atoms with Gasteiger partial charge in [0, 0.05) is 5.57 Å². The first-order valence-electron chi connectivity index (χ1n) is 2.09. The molecule has 0 heterocycles. The van der Waals surface area contributed by atoms with E-state index in [0.717, 1.165) is 0 Å². The molecule has 3 heteroatoms. The van der Waals surface area contributed by atoms with Crippen LogP contribution in [0.2, 0.25) is 0 Å². The van der Waals surface area contributed by atoms with Gasteiger partial charge in [0.25, 0.3) is 0 Å². The summed E-state index contributed by atoms with van der Waals surface area (Å²) in [5.74, 6) is -0.900. The van der Waals surface area contributed by atoms with Gasteiger partial charge in [-0.3, -0.25) is 0 Å². The summed E-state index contributed by atoms with van der Waals surface area (Å²) in [4.78, 5) is 9.83. The van der Waals surface area contributed by atoms with Gasteiger partial charge in [0.05, 0.1) is 0 Å². The molecule has 0 aromatic heterocycles. The summed E-state index contributed by atoms with van der Waals surface area (Å²) in [7, 11) is 0. The van der Waals surface area contributed by atoms with Crippen molar-refractivity contribution in [2.75, 3.05) is 0 Å². The first-order valence-corrected chi connectivity index (χ1v) is 2.09. The molecule has 1 N–H and O–H groups in total. The average molecular weight is 124 g/mol. The minimum atomic E-state index is -0.900. The zero-order valence-corrected chi connectivity index (χ0v) is 7.27. The first-order chi connectivity index (χ1) is 3.18. The molecule has 0 unspecified atom stereocenters. The van der Waals surface area contributed by atoms with Gasteiger partial charge in [-0.25, -0.2) is 4.79 Å². The van der Waals surface area contributed by atoms with E-state index in [1.807, 2.05) is 0 Å². The van der Waals surface area contributed by atoms with Crippen LogP contribution < -0.4 is 29.6 Å². The van der Waals surface area contributed by atoms with E-state index >= 15 is 0 Å². The van der Waals surface area contributed by atoms with Crippen LogP contribution in [0.3, 0.4) is 0 Å². The van der Waals surface area contributed by atoms with Crippen molar-refractivity contribution in [1.82, 2.24) is 0 Å². The Labute approximate surface area is 72.4 Å². The van der Waals surface area contributed by atoms with Gasteiger partial charge in [0.2, 0.25) is 0 Å². The molecule has 0 atom stereocenters. The van der Waals surface area contributed by atoms with Crippen LogP contribution in [0.5, 0.6) is 0 Å². The van der Waals surface area contributed by atoms with Gasteiger partial charge in [0.15, 0.2) is 0 Å². The van der Waals surface area contributed by atoms with E-state index in [4.69, 9.17) is 5.11 Å². The van der Waals surface area contributed by atoms with Crippen molar-refractivity contribution >= 4 is 5.97 Å². The molecule has 0 spiro atoms. The Kier molecular flexibility index (Phi) is 7.40. The van der Waals surface area contributed by atoms with Crippen molar-refractivity contribution in [1.29, 1.82) is 0 Å². The molecule has 0 aliphatic heterocycles. The second-order valence-electron chi connectivity index (χ2n) is 1.26. The van der Waals surface area contributed by atoms with Gasteiger partial charge in [0.1, 0.15) is 0 Å². The standard InChI is InChI=1S/C5H8O2.Na.H/c1-3-4(2)5(6)7;;/h2-3H2,1H3,(H,6,7);;/q;+1;-1. The maximum absolute atomic E-state index is 9.83. The molecule has 8 heavy (non-hydrogen) atoms. The summed E-state index contributed by atoms with van der Waals surface area (Å²) in [5, 5.41) is 8.08. The van der Waals surface area contributed by atoms with Crippen LogP contribution in [-0.2, 0) is 4.79 Å². The van der Waals surface area contributed by atoms with Gasteiger partial charge >= 0.3 is 35.5 Å². The third kappa shape index (κ3) is 4.37. The fraction of sp³-hybridized carbons (Fsp3) is 0.400. The molecule has 2 nitrogen and oxygen atoms in total. The molecule has 0 aromatic carbocycles. The van der Waals surface area contributed by atoms with Gasteiger partial charge in [-0.05, 0) is 6.42 Å². The number of aliphatic carboxylic acids is 1. The van der Waals surface area contributed by atoms with Crippen LogP contribution in [0.25, 0.3) is 0 Å². The van der Waals surface area contributed by atoms with E-state index in [-0.39, 0.29) is 36.6 Å². The Morgan fingerprint density at radius 1 is 1.88 bits per heavy atom. The monoisotopic (exact) mass is 124 g/mol. The number of hydrogen-bond acceptors (Lipinski definition) is 1. The number of carboxylic acid groups (broad SMARTS) is 1. The molecule has 0 amide bonds. The van der Waals surface area contributed by atoms with Gasteiger partial charge in [-0.1, -0.05) is 13.5 Å². The maximum Gasteiger partial charge on any atom is 1.00 e. The Hall–Kier alpha value is 0.210. The summed E-state index contributed by atoms with van der Waals surface area (Å²) in [6.45, 7) is 5.03. The van der Waals surface area contributed by atoms with Crippen LogP contribution in [-0.4, -0.2) is 11.1 Å². The number of carboxylic acids is 1. The van der Waals surface area contributed by atoms with Crippen LogP contribution in [0.4, 0.5) is 0 Å². The fourth-order valence-electron chi connectivity index (χ4n) is 0.151. The normalized spacial score (nSPS) is 7.12. The Morgan fingerprint density at radius 2 is 2.25 bits per heavy atom. The summed E-state index contributed by atoms with van der Waals surface area (Å²) in [6, 6.07) is 0. The van der Waals surface area contributed by atoms with Gasteiger partial charge < -0.3 is 6.53 Å². The zero-order valence-electron chi connectivity index (χ0n) is 6.27. The van der Waals surface area contributed by atoms with E-state index in [0.29, 0.717) is 6.42 Å². The molecule has 0 saturated heterocycles. The van der Waals surface area contributed by atoms with Crippen molar-refractivity contribution < 1.29 is 40.9 Å². The van der Waals surface area contributed by atoms with Crippen molar-refractivity contribution in [2.24, 2.45) is 0 Å². The Bertz CT molecular complexity index is 103. The van der Waals surface area contributed by atoms with E-state index in [1.54, 1.807) is 6.92 Å². The molecule has 0 aliphatic carbocycles. The fourth-order valence-corrected chi connectivity index (χ4v) is 0.151. The SMILES string of the molecule is C=C(CC)C(=O)O.[H-].[Na+]. The van der Waals surface area contributed by atoms with E-state index in [2.05, 4.69) is 6.58 Å². The minimum Gasteiger partial charge on any atom is -1.00 e. The van der Waals surface area contributed by atoms with Crippen LogP contribution >= 0.6 is 0 Å². The molecule has 0 fully saturated rings. The van der Waals surface area contributed by atoms with Crippen molar-refractivity contribution in [3.63, 3.8) is 0 Å². The second-order valence-corrected chi connectivity index (χ2v) is 1.26. The molecule has 0 bridgehead atoms. The van der Waals surface area contributed by atoms with Gasteiger partial charge in [-0.15, -0.1) is 0 Å². The summed E-state index contributed by atoms with van der Waals surface area (Å²) >= 11 is 0. The van der Waals surface area contributed by atoms with Crippen LogP contribution in [0.1, 0.15) is 14.8 Å². The maximum atomic E-state index is 9.83. The van der Waals surface area contributed by atoms with E-state index in [9.17, 15) is 4.79 Å². The molecule has 0 rings (SSSR count). The molecule has 0 aromatic rings. The molecule has 0 saturated carbocycles. The average Bonchev–Trinajstić information content (AvgIpc) is 1.65. The largest absolute Gasteiger partial charge is 1.00 e.